The molecule has 0 aliphatic carbocycles. The summed E-state index contributed by atoms with van der Waals surface area (Å²) in [6.45, 7) is 4.32. The number of para-hydroxylation sites is 1. The Kier molecular flexibility index (Phi) is 5.63. The normalized spacial score (nSPS) is 10.6. The molecule has 2 aromatic carbocycles. The molecule has 0 bridgehead atoms. The Morgan fingerprint density at radius 2 is 1.97 bits per heavy atom. The molecule has 148 valence electrons. The Morgan fingerprint density at radius 3 is 2.73 bits per heavy atom. The van der Waals surface area contributed by atoms with Crippen molar-refractivity contribution in [3.05, 3.63) is 73.0 Å². The van der Waals surface area contributed by atoms with Crippen LogP contribution in [-0.4, -0.2) is 26.4 Å². The molecule has 1 amide bonds. The van der Waals surface area contributed by atoms with Crippen LogP contribution in [0.4, 0.5) is 5.69 Å². The molecule has 2 heterocycles. The average molecular weight is 415 g/mol. The van der Waals surface area contributed by atoms with Crippen LogP contribution >= 0.6 is 11.8 Å². The van der Waals surface area contributed by atoms with Crippen molar-refractivity contribution < 1.29 is 9.21 Å². The number of carbonyl (C=O) groups excluding carboxylic acids is 1. The van der Waals surface area contributed by atoms with Crippen molar-refractivity contribution in [3.8, 4) is 17.5 Å². The van der Waals surface area contributed by atoms with Crippen LogP contribution in [0.2, 0.25) is 0 Å². The lowest BCUT2D eigenvalue weighted by molar-refractivity contribution is -0.113. The third-order valence-electron chi connectivity index (χ3n) is 4.35. The molecule has 0 saturated carbocycles. The second kappa shape index (κ2) is 8.68. The maximum Gasteiger partial charge on any atom is 0.234 e. The van der Waals surface area contributed by atoms with E-state index in [9.17, 15) is 10.1 Å². The van der Waals surface area contributed by atoms with Gasteiger partial charge in [-0.15, -0.1) is 16.8 Å². The lowest BCUT2D eigenvalue weighted by atomic mass is 10.2. The van der Waals surface area contributed by atoms with Gasteiger partial charge < -0.3 is 9.73 Å². The van der Waals surface area contributed by atoms with Crippen molar-refractivity contribution in [3.63, 3.8) is 0 Å². The first-order valence-electron chi connectivity index (χ1n) is 9.15. The van der Waals surface area contributed by atoms with E-state index < -0.39 is 0 Å². The fourth-order valence-corrected chi connectivity index (χ4v) is 3.79. The minimum absolute atomic E-state index is 0.0794. The van der Waals surface area contributed by atoms with Crippen LogP contribution in [0.5, 0.6) is 0 Å². The number of rotatable bonds is 7. The molecule has 0 spiro atoms. The number of benzene rings is 2. The SMILES string of the molecule is C=CCn1c(SCC(=O)Nc2c(C#N)oc3ccccc23)nnc1-c1ccccc1. The summed E-state index contributed by atoms with van der Waals surface area (Å²) in [7, 11) is 0. The van der Waals surface area contributed by atoms with E-state index >= 15 is 0 Å². The summed E-state index contributed by atoms with van der Waals surface area (Å²) < 4.78 is 7.41. The molecule has 8 heteroatoms. The monoisotopic (exact) mass is 415 g/mol. The van der Waals surface area contributed by atoms with Gasteiger partial charge in [-0.05, 0) is 12.1 Å². The van der Waals surface area contributed by atoms with Gasteiger partial charge in [-0.1, -0.05) is 60.3 Å². The predicted molar refractivity (Wildman–Crippen MR) is 116 cm³/mol. The van der Waals surface area contributed by atoms with Gasteiger partial charge in [0.1, 0.15) is 17.3 Å². The van der Waals surface area contributed by atoms with Gasteiger partial charge in [0, 0.05) is 17.5 Å². The van der Waals surface area contributed by atoms with Gasteiger partial charge in [0.15, 0.2) is 11.0 Å². The Balaban J connectivity index is 1.52. The quantitative estimate of drug-likeness (QED) is 0.353. The molecule has 0 radical (unpaired) electrons. The standard InChI is InChI=1S/C22H17N5O2S/c1-2-12-27-21(15-8-4-3-5-9-15)25-26-22(27)30-14-19(28)24-20-16-10-6-7-11-17(16)29-18(20)13-23/h2-11H,1,12,14H2,(H,24,28). The number of furan rings is 1. The number of carbonyl (C=O) groups is 1. The van der Waals surface area contributed by atoms with Crippen molar-refractivity contribution in [2.45, 2.75) is 11.7 Å². The molecular formula is C22H17N5O2S. The summed E-state index contributed by atoms with van der Waals surface area (Å²) in [4.78, 5) is 12.6. The largest absolute Gasteiger partial charge is 0.443 e. The van der Waals surface area contributed by atoms with Crippen molar-refractivity contribution in [2.24, 2.45) is 0 Å². The molecule has 2 aromatic heterocycles. The summed E-state index contributed by atoms with van der Waals surface area (Å²) in [6.07, 6.45) is 1.76. The van der Waals surface area contributed by atoms with Gasteiger partial charge >= 0.3 is 0 Å². The highest BCUT2D eigenvalue weighted by atomic mass is 32.2. The first-order valence-corrected chi connectivity index (χ1v) is 10.1. The van der Waals surface area contributed by atoms with Crippen LogP contribution in [0.15, 0.2) is 76.8 Å². The van der Waals surface area contributed by atoms with Crippen molar-refractivity contribution >= 4 is 34.3 Å². The average Bonchev–Trinajstić information content (AvgIpc) is 3.34. The molecule has 7 nitrogen and oxygen atoms in total. The number of amides is 1. The summed E-state index contributed by atoms with van der Waals surface area (Å²) in [6, 6.07) is 18.9. The molecule has 0 unspecified atom stereocenters. The number of allylic oxidation sites excluding steroid dienone is 1. The second-order valence-corrected chi connectivity index (χ2v) is 7.26. The van der Waals surface area contributed by atoms with Gasteiger partial charge in [-0.3, -0.25) is 9.36 Å². The van der Waals surface area contributed by atoms with E-state index in [-0.39, 0.29) is 17.4 Å². The summed E-state index contributed by atoms with van der Waals surface area (Å²) >= 11 is 1.27. The lowest BCUT2D eigenvalue weighted by Gasteiger charge is -2.08. The zero-order chi connectivity index (χ0) is 20.9. The van der Waals surface area contributed by atoms with E-state index in [2.05, 4.69) is 22.1 Å². The Morgan fingerprint density at radius 1 is 1.20 bits per heavy atom. The highest BCUT2D eigenvalue weighted by molar-refractivity contribution is 7.99. The zero-order valence-corrected chi connectivity index (χ0v) is 16.7. The van der Waals surface area contributed by atoms with Gasteiger partial charge in [0.25, 0.3) is 0 Å². The van der Waals surface area contributed by atoms with Crippen molar-refractivity contribution in [1.82, 2.24) is 14.8 Å². The summed E-state index contributed by atoms with van der Waals surface area (Å²) in [5, 5.41) is 21.9. The highest BCUT2D eigenvalue weighted by Gasteiger charge is 2.18. The maximum absolute atomic E-state index is 12.6. The fourth-order valence-electron chi connectivity index (χ4n) is 3.04. The van der Waals surface area contributed by atoms with Gasteiger partial charge in [0.2, 0.25) is 11.7 Å². The van der Waals surface area contributed by atoms with Gasteiger partial charge in [-0.2, -0.15) is 5.26 Å². The van der Waals surface area contributed by atoms with E-state index in [1.54, 1.807) is 18.2 Å². The van der Waals surface area contributed by atoms with Crippen molar-refractivity contribution in [2.75, 3.05) is 11.1 Å². The van der Waals surface area contributed by atoms with Crippen LogP contribution in [0.3, 0.4) is 0 Å². The smallest absolute Gasteiger partial charge is 0.234 e. The molecule has 0 aliphatic rings. The van der Waals surface area contributed by atoms with E-state index in [0.717, 1.165) is 5.56 Å². The number of hydrogen-bond acceptors (Lipinski definition) is 6. The molecule has 4 aromatic rings. The number of nitrogens with zero attached hydrogens (tertiary/aromatic N) is 4. The van der Waals surface area contributed by atoms with Crippen LogP contribution < -0.4 is 5.32 Å². The van der Waals surface area contributed by atoms with Gasteiger partial charge in [0.05, 0.1) is 5.75 Å². The number of hydrogen-bond donors (Lipinski definition) is 1. The van der Waals surface area contributed by atoms with Crippen LogP contribution in [0.25, 0.3) is 22.4 Å². The minimum atomic E-state index is -0.266. The molecule has 0 saturated heterocycles. The second-order valence-electron chi connectivity index (χ2n) is 6.32. The minimum Gasteiger partial charge on any atom is -0.443 e. The van der Waals surface area contributed by atoms with E-state index in [1.165, 1.54) is 11.8 Å². The van der Waals surface area contributed by atoms with Crippen LogP contribution in [-0.2, 0) is 11.3 Å². The Hall–Kier alpha value is -3.83. The lowest BCUT2D eigenvalue weighted by Crippen LogP contribution is -2.15. The first kappa shape index (κ1) is 19.5. The molecular weight excluding hydrogens is 398 g/mol. The number of aromatic nitrogens is 3. The fraction of sp³-hybridized carbons (Fsp3) is 0.0909. The van der Waals surface area contributed by atoms with E-state index in [1.807, 2.05) is 53.1 Å². The predicted octanol–water partition coefficient (Wildman–Crippen LogP) is 4.48. The molecule has 0 atom stereocenters. The topological polar surface area (TPSA) is 96.7 Å². The summed E-state index contributed by atoms with van der Waals surface area (Å²) in [5.74, 6) is 0.633. The Labute approximate surface area is 177 Å². The molecule has 30 heavy (non-hydrogen) atoms. The van der Waals surface area contributed by atoms with E-state index in [4.69, 9.17) is 4.42 Å². The number of nitriles is 1. The third-order valence-corrected chi connectivity index (χ3v) is 5.32. The molecule has 0 aliphatic heterocycles. The summed E-state index contributed by atoms with van der Waals surface area (Å²) in [5.41, 5.74) is 1.87. The Bertz CT molecular complexity index is 1250. The van der Waals surface area contributed by atoms with Crippen LogP contribution in [0, 0.1) is 11.3 Å². The molecule has 4 rings (SSSR count). The first-order chi connectivity index (χ1) is 14.7. The molecule has 0 fully saturated rings. The number of nitrogens with one attached hydrogen (secondary N) is 1. The number of thioether (sulfide) groups is 1. The third kappa shape index (κ3) is 3.83. The van der Waals surface area contributed by atoms with Crippen molar-refractivity contribution in [1.29, 1.82) is 5.26 Å². The zero-order valence-electron chi connectivity index (χ0n) is 15.9. The number of anilines is 1. The highest BCUT2D eigenvalue weighted by Crippen LogP contribution is 2.31. The van der Waals surface area contributed by atoms with Gasteiger partial charge in [-0.25, -0.2) is 0 Å². The van der Waals surface area contributed by atoms with E-state index in [0.29, 0.717) is 34.2 Å². The number of fused-ring (bicyclic) bond motifs is 1. The maximum atomic E-state index is 12.6. The van der Waals surface area contributed by atoms with Crippen LogP contribution in [0.1, 0.15) is 5.76 Å². The molecule has 1 N–H and O–H groups in total.